The number of fused-ring (bicyclic) bond motifs is 1. The van der Waals surface area contributed by atoms with Gasteiger partial charge in [-0.2, -0.15) is 10.4 Å². The highest BCUT2D eigenvalue weighted by Crippen LogP contribution is 2.30. The lowest BCUT2D eigenvalue weighted by molar-refractivity contribution is 0.0120. The van der Waals surface area contributed by atoms with E-state index >= 15 is 0 Å². The van der Waals surface area contributed by atoms with E-state index in [0.717, 1.165) is 33.3 Å². The molecule has 13 heteroatoms. The molecule has 2 fully saturated rings. The zero-order valence-electron chi connectivity index (χ0n) is 22.7. The van der Waals surface area contributed by atoms with E-state index in [-0.39, 0.29) is 36.4 Å². The lowest BCUT2D eigenvalue weighted by atomic mass is 10.1. The number of carbonyl (C=O) groups excluding carboxylic acids is 1. The van der Waals surface area contributed by atoms with E-state index in [1.165, 1.54) is 18.5 Å². The summed E-state index contributed by atoms with van der Waals surface area (Å²) < 4.78 is 49.3. The predicted octanol–water partition coefficient (Wildman–Crippen LogP) is 4.44. The van der Waals surface area contributed by atoms with Crippen LogP contribution in [0.4, 0.5) is 13.2 Å². The summed E-state index contributed by atoms with van der Waals surface area (Å²) in [5.41, 5.74) is 2.34. The number of likely N-dealkylation sites (tertiary alicyclic amines) is 2. The molecule has 3 aromatic heterocycles. The quantitative estimate of drug-likeness (QED) is 0.329. The molecular weight excluding hydrogens is 549 g/mol. The first-order valence-electron chi connectivity index (χ1n) is 13.8. The normalized spacial score (nSPS) is 18.3. The number of benzene rings is 1. The van der Waals surface area contributed by atoms with Crippen molar-refractivity contribution in [1.29, 1.82) is 5.26 Å². The number of piperidine rings is 1. The van der Waals surface area contributed by atoms with Crippen LogP contribution in [0.15, 0.2) is 49.2 Å². The number of amides is 1. The van der Waals surface area contributed by atoms with Gasteiger partial charge in [-0.25, -0.2) is 23.1 Å². The molecule has 1 aromatic carbocycles. The van der Waals surface area contributed by atoms with Crippen LogP contribution in [0.3, 0.4) is 0 Å². The number of alkyl halides is 2. The van der Waals surface area contributed by atoms with Crippen molar-refractivity contribution in [1.82, 2.24) is 34.5 Å². The summed E-state index contributed by atoms with van der Waals surface area (Å²) in [4.78, 5) is 27.7. The Labute approximate surface area is 239 Å². The van der Waals surface area contributed by atoms with Gasteiger partial charge in [0.1, 0.15) is 29.6 Å². The van der Waals surface area contributed by atoms with Crippen LogP contribution in [-0.2, 0) is 0 Å². The second-order valence-electron chi connectivity index (χ2n) is 10.8. The first kappa shape index (κ1) is 27.7. The van der Waals surface area contributed by atoms with E-state index in [1.54, 1.807) is 6.20 Å². The van der Waals surface area contributed by atoms with Crippen molar-refractivity contribution in [2.24, 2.45) is 0 Å². The molecule has 1 N–H and O–H groups in total. The molecule has 0 radical (unpaired) electrons. The number of nitrogens with one attached hydrogen (secondary N) is 1. The highest BCUT2D eigenvalue weighted by Gasteiger charge is 2.40. The number of nitriles is 1. The van der Waals surface area contributed by atoms with E-state index in [0.29, 0.717) is 32.5 Å². The number of aromatic amines is 1. The average molecular weight is 579 g/mol. The standard InChI is InChI=1S/C29H29F3N8O2/c30-21-11-19(28(41)39-10-5-29(31,32)17-39)12-24(13-21)42-23-3-8-38(9-4-23)16-22(1-6-33)40-15-20(14-37-40)26-25-2-7-34-27(25)36-18-35-26/h2,7,11-15,18,22-23H,1,3-5,8-10,16-17H2,(H,34,35,36). The molecule has 0 aliphatic carbocycles. The molecule has 6 rings (SSSR count). The van der Waals surface area contributed by atoms with Gasteiger partial charge in [0.25, 0.3) is 11.8 Å². The van der Waals surface area contributed by atoms with Crippen molar-refractivity contribution in [2.45, 2.75) is 43.8 Å². The maximum Gasteiger partial charge on any atom is 0.267 e. The van der Waals surface area contributed by atoms with Crippen LogP contribution < -0.4 is 4.74 Å². The van der Waals surface area contributed by atoms with Gasteiger partial charge in [-0.05, 0) is 31.0 Å². The van der Waals surface area contributed by atoms with E-state index in [1.807, 2.05) is 23.1 Å². The first-order valence-corrected chi connectivity index (χ1v) is 13.8. The summed E-state index contributed by atoms with van der Waals surface area (Å²) >= 11 is 0. The number of carbonyl (C=O) groups is 1. The minimum absolute atomic E-state index is 0.00252. The number of hydrogen-bond donors (Lipinski definition) is 1. The fraction of sp³-hybridized carbons (Fsp3) is 0.414. The molecule has 0 spiro atoms. The molecule has 5 heterocycles. The van der Waals surface area contributed by atoms with Crippen LogP contribution >= 0.6 is 0 Å². The first-order chi connectivity index (χ1) is 20.3. The van der Waals surface area contributed by atoms with Gasteiger partial charge in [0, 0.05) is 67.6 Å². The minimum Gasteiger partial charge on any atom is -0.490 e. The molecule has 42 heavy (non-hydrogen) atoms. The molecule has 0 bridgehead atoms. The third kappa shape index (κ3) is 5.94. The topological polar surface area (TPSA) is 116 Å². The van der Waals surface area contributed by atoms with Crippen LogP contribution in [0.5, 0.6) is 5.75 Å². The zero-order valence-corrected chi connectivity index (χ0v) is 22.7. The third-order valence-electron chi connectivity index (χ3n) is 7.81. The fourth-order valence-electron chi connectivity index (χ4n) is 5.66. The predicted molar refractivity (Wildman–Crippen MR) is 146 cm³/mol. The van der Waals surface area contributed by atoms with Crippen LogP contribution in [0.1, 0.15) is 42.1 Å². The Morgan fingerprint density at radius 3 is 2.81 bits per heavy atom. The molecule has 1 unspecified atom stereocenters. The summed E-state index contributed by atoms with van der Waals surface area (Å²) in [6.07, 6.45) is 7.96. The van der Waals surface area contributed by atoms with E-state index in [4.69, 9.17) is 4.74 Å². The van der Waals surface area contributed by atoms with E-state index < -0.39 is 30.6 Å². The van der Waals surface area contributed by atoms with Gasteiger partial charge in [-0.1, -0.05) is 0 Å². The molecule has 4 aromatic rings. The van der Waals surface area contributed by atoms with Crippen LogP contribution in [0, 0.1) is 17.1 Å². The maximum absolute atomic E-state index is 14.3. The Morgan fingerprint density at radius 1 is 1.21 bits per heavy atom. The Morgan fingerprint density at radius 2 is 2.05 bits per heavy atom. The van der Waals surface area contributed by atoms with E-state index in [2.05, 4.69) is 31.0 Å². The summed E-state index contributed by atoms with van der Waals surface area (Å²) in [6, 6.07) is 7.69. The highest BCUT2D eigenvalue weighted by molar-refractivity contribution is 5.95. The Hall–Kier alpha value is -4.44. The smallest absolute Gasteiger partial charge is 0.267 e. The van der Waals surface area contributed by atoms with E-state index in [9.17, 15) is 23.2 Å². The SMILES string of the molecule is N#CCC(CN1CCC(Oc2cc(F)cc(C(=O)N3CCC(F)(F)C3)c2)CC1)n1cc(-c2ncnc3[nH]ccc23)cn1. The number of rotatable bonds is 8. The summed E-state index contributed by atoms with van der Waals surface area (Å²) in [7, 11) is 0. The molecule has 0 saturated carbocycles. The number of nitrogens with zero attached hydrogens (tertiary/aromatic N) is 7. The molecule has 1 amide bonds. The van der Waals surface area contributed by atoms with Crippen molar-refractivity contribution >= 4 is 16.9 Å². The minimum atomic E-state index is -2.92. The third-order valence-corrected chi connectivity index (χ3v) is 7.81. The van der Waals surface area contributed by atoms with Gasteiger partial charge in [-0.3, -0.25) is 9.48 Å². The average Bonchev–Trinajstić information content (AvgIpc) is 3.73. The maximum atomic E-state index is 14.3. The molecule has 2 aliphatic rings. The Bertz CT molecular complexity index is 1620. The van der Waals surface area contributed by atoms with Gasteiger partial charge >= 0.3 is 0 Å². The van der Waals surface area contributed by atoms with Crippen LogP contribution in [-0.4, -0.2) is 85.2 Å². The van der Waals surface area contributed by atoms with Crippen molar-refractivity contribution in [2.75, 3.05) is 32.7 Å². The molecule has 2 saturated heterocycles. The van der Waals surface area contributed by atoms with Gasteiger partial charge in [-0.15, -0.1) is 0 Å². The van der Waals surface area contributed by atoms with Crippen molar-refractivity contribution in [3.8, 4) is 23.1 Å². The van der Waals surface area contributed by atoms with Crippen molar-refractivity contribution in [3.05, 3.63) is 60.6 Å². The molecule has 218 valence electrons. The van der Waals surface area contributed by atoms with Gasteiger partial charge < -0.3 is 19.5 Å². The lowest BCUT2D eigenvalue weighted by Crippen LogP contribution is -2.41. The number of aromatic nitrogens is 5. The van der Waals surface area contributed by atoms with Crippen LogP contribution in [0.25, 0.3) is 22.3 Å². The molecule has 10 nitrogen and oxygen atoms in total. The molecule has 2 aliphatic heterocycles. The number of H-pyrrole nitrogens is 1. The highest BCUT2D eigenvalue weighted by atomic mass is 19.3. The summed E-state index contributed by atoms with van der Waals surface area (Å²) in [5.74, 6) is -4.00. The summed E-state index contributed by atoms with van der Waals surface area (Å²) in [6.45, 7) is 1.27. The molecular formula is C29H29F3N8O2. The van der Waals surface area contributed by atoms with Crippen molar-refractivity contribution < 1.29 is 22.7 Å². The van der Waals surface area contributed by atoms with Crippen LogP contribution in [0.2, 0.25) is 0 Å². The fourth-order valence-corrected chi connectivity index (χ4v) is 5.66. The van der Waals surface area contributed by atoms with Gasteiger partial charge in [0.2, 0.25) is 0 Å². The Balaban J connectivity index is 1.07. The monoisotopic (exact) mass is 578 g/mol. The van der Waals surface area contributed by atoms with Gasteiger partial charge in [0.15, 0.2) is 0 Å². The number of ether oxygens (including phenoxy) is 1. The molecule has 1 atom stereocenters. The number of hydrogen-bond acceptors (Lipinski definition) is 7. The lowest BCUT2D eigenvalue weighted by Gasteiger charge is -2.34. The van der Waals surface area contributed by atoms with Gasteiger partial charge in [0.05, 0.1) is 37.0 Å². The zero-order chi connectivity index (χ0) is 29.3. The van der Waals surface area contributed by atoms with Crippen molar-refractivity contribution in [3.63, 3.8) is 0 Å². The number of halogens is 3. The second-order valence-corrected chi connectivity index (χ2v) is 10.8. The summed E-state index contributed by atoms with van der Waals surface area (Å²) in [5, 5.41) is 14.9. The largest absolute Gasteiger partial charge is 0.490 e. The Kier molecular flexibility index (Phi) is 7.55. The second kappa shape index (κ2) is 11.4.